The summed E-state index contributed by atoms with van der Waals surface area (Å²) in [7, 11) is 0.0435. The Morgan fingerprint density at radius 3 is 2.52 bits per heavy atom. The molecule has 1 aliphatic rings. The first-order valence-electron chi connectivity index (χ1n) is 7.79. The second-order valence-electron chi connectivity index (χ2n) is 6.12. The van der Waals surface area contributed by atoms with E-state index in [9.17, 15) is 10.0 Å². The fourth-order valence-corrected chi connectivity index (χ4v) is 3.33. The van der Waals surface area contributed by atoms with Crippen molar-refractivity contribution >= 4 is 12.6 Å². The molecule has 21 heavy (non-hydrogen) atoms. The highest BCUT2D eigenvalue weighted by atomic mass is 16.5. The lowest BCUT2D eigenvalue weighted by molar-refractivity contribution is 0.236. The van der Waals surface area contributed by atoms with Gasteiger partial charge in [-0.25, -0.2) is 0 Å². The molecule has 1 fully saturated rings. The number of likely N-dealkylation sites (tertiary alicyclic amines) is 1. The minimum atomic E-state index is -1.50. The Morgan fingerprint density at radius 1 is 1.29 bits per heavy atom. The largest absolute Gasteiger partial charge is 0.497 e. The third-order valence-corrected chi connectivity index (χ3v) is 5.00. The van der Waals surface area contributed by atoms with Gasteiger partial charge >= 0.3 is 7.12 Å². The van der Waals surface area contributed by atoms with Crippen LogP contribution in [0.2, 0.25) is 0 Å². The molecule has 1 aliphatic heterocycles. The molecular formula is C16H26BNO3. The first kappa shape index (κ1) is 16.3. The Kier molecular flexibility index (Phi) is 5.30. The van der Waals surface area contributed by atoms with E-state index in [0.29, 0.717) is 16.6 Å². The average Bonchev–Trinajstić information content (AvgIpc) is 2.91. The van der Waals surface area contributed by atoms with Crippen molar-refractivity contribution in [3.8, 4) is 5.75 Å². The lowest BCUT2D eigenvalue weighted by Crippen LogP contribution is -2.32. The molecule has 5 heteroatoms. The van der Waals surface area contributed by atoms with Gasteiger partial charge in [0.2, 0.25) is 0 Å². The van der Waals surface area contributed by atoms with Crippen LogP contribution in [-0.2, 0) is 6.54 Å². The summed E-state index contributed by atoms with van der Waals surface area (Å²) in [6.07, 6.45) is 3.71. The van der Waals surface area contributed by atoms with Crippen molar-refractivity contribution in [1.29, 1.82) is 0 Å². The van der Waals surface area contributed by atoms with Gasteiger partial charge in [-0.2, -0.15) is 0 Å². The van der Waals surface area contributed by atoms with Crippen LogP contribution in [0.3, 0.4) is 0 Å². The fraction of sp³-hybridized carbons (Fsp3) is 0.625. The van der Waals surface area contributed by atoms with Crippen LogP contribution in [0.15, 0.2) is 18.2 Å². The van der Waals surface area contributed by atoms with Crippen molar-refractivity contribution in [2.24, 2.45) is 5.41 Å². The highest BCUT2D eigenvalue weighted by Gasteiger charge is 2.34. The number of benzene rings is 1. The minimum absolute atomic E-state index is 0.437. The zero-order valence-corrected chi connectivity index (χ0v) is 13.3. The molecule has 0 unspecified atom stereocenters. The second-order valence-corrected chi connectivity index (χ2v) is 6.12. The first-order chi connectivity index (χ1) is 10.0. The Morgan fingerprint density at radius 2 is 2.00 bits per heavy atom. The van der Waals surface area contributed by atoms with Crippen LogP contribution in [0, 0.1) is 5.41 Å². The van der Waals surface area contributed by atoms with E-state index in [1.165, 1.54) is 26.4 Å². The maximum absolute atomic E-state index is 9.44. The van der Waals surface area contributed by atoms with E-state index in [1.807, 2.05) is 18.2 Å². The number of rotatable bonds is 6. The Hall–Kier alpha value is -1.04. The molecule has 1 heterocycles. The first-order valence-corrected chi connectivity index (χ1v) is 7.79. The van der Waals surface area contributed by atoms with Crippen LogP contribution in [0.1, 0.15) is 38.7 Å². The lowest BCUT2D eigenvalue weighted by Gasteiger charge is -2.26. The fourth-order valence-electron chi connectivity index (χ4n) is 3.33. The van der Waals surface area contributed by atoms with E-state index in [0.717, 1.165) is 25.2 Å². The molecule has 0 bridgehead atoms. The van der Waals surface area contributed by atoms with Gasteiger partial charge in [0.1, 0.15) is 5.75 Å². The van der Waals surface area contributed by atoms with Gasteiger partial charge in [0.05, 0.1) is 7.11 Å². The number of ether oxygens (including phenoxy) is 1. The lowest BCUT2D eigenvalue weighted by atomic mass is 9.78. The van der Waals surface area contributed by atoms with Gasteiger partial charge in [0.25, 0.3) is 0 Å². The van der Waals surface area contributed by atoms with Crippen molar-refractivity contribution in [3.05, 3.63) is 23.8 Å². The Balaban J connectivity index is 2.09. The zero-order valence-electron chi connectivity index (χ0n) is 13.3. The van der Waals surface area contributed by atoms with Gasteiger partial charge in [0, 0.05) is 18.6 Å². The third-order valence-electron chi connectivity index (χ3n) is 5.00. The molecule has 0 aliphatic carbocycles. The molecule has 1 aromatic carbocycles. The van der Waals surface area contributed by atoms with Gasteiger partial charge in [-0.1, -0.05) is 26.0 Å². The van der Waals surface area contributed by atoms with Crippen LogP contribution in [0.25, 0.3) is 0 Å². The van der Waals surface area contributed by atoms with Crippen molar-refractivity contribution in [3.63, 3.8) is 0 Å². The van der Waals surface area contributed by atoms with E-state index in [2.05, 4.69) is 18.7 Å². The maximum atomic E-state index is 9.44. The predicted molar refractivity (Wildman–Crippen MR) is 85.7 cm³/mol. The molecule has 2 rings (SSSR count). The van der Waals surface area contributed by atoms with Gasteiger partial charge in [-0.05, 0) is 42.9 Å². The van der Waals surface area contributed by atoms with Crippen molar-refractivity contribution in [1.82, 2.24) is 4.90 Å². The highest BCUT2D eigenvalue weighted by Crippen LogP contribution is 2.37. The summed E-state index contributed by atoms with van der Waals surface area (Å²) in [5, 5.41) is 18.9. The quantitative estimate of drug-likeness (QED) is 0.778. The van der Waals surface area contributed by atoms with Crippen LogP contribution >= 0.6 is 0 Å². The van der Waals surface area contributed by atoms with Crippen molar-refractivity contribution in [2.45, 2.75) is 39.7 Å². The molecule has 0 radical (unpaired) electrons. The molecule has 0 amide bonds. The Bertz CT molecular complexity index is 475. The Labute approximate surface area is 127 Å². The zero-order chi connectivity index (χ0) is 15.5. The summed E-state index contributed by atoms with van der Waals surface area (Å²) in [4.78, 5) is 2.46. The number of hydrogen-bond acceptors (Lipinski definition) is 4. The molecule has 0 atom stereocenters. The van der Waals surface area contributed by atoms with Gasteiger partial charge in [0.15, 0.2) is 0 Å². The summed E-state index contributed by atoms with van der Waals surface area (Å²) >= 11 is 0. The van der Waals surface area contributed by atoms with Crippen LogP contribution in [-0.4, -0.2) is 42.3 Å². The topological polar surface area (TPSA) is 52.9 Å². The molecule has 0 aromatic heterocycles. The summed E-state index contributed by atoms with van der Waals surface area (Å²) in [6.45, 7) is 7.65. The van der Waals surface area contributed by atoms with Gasteiger partial charge in [-0.3, -0.25) is 4.90 Å². The molecule has 1 saturated heterocycles. The summed E-state index contributed by atoms with van der Waals surface area (Å²) in [5.41, 5.74) is 2.00. The van der Waals surface area contributed by atoms with E-state index >= 15 is 0 Å². The molecular weight excluding hydrogens is 265 g/mol. The summed E-state index contributed by atoms with van der Waals surface area (Å²) < 4.78 is 5.17. The molecule has 1 aromatic rings. The maximum Gasteiger partial charge on any atom is 0.492 e. The normalized spacial score (nSPS) is 18.0. The van der Waals surface area contributed by atoms with Gasteiger partial charge < -0.3 is 14.8 Å². The molecule has 116 valence electrons. The number of hydrogen-bond donors (Lipinski definition) is 2. The standard InChI is InChI=1S/C16H26BNO3/c1-4-16(5-2)8-9-18(12-16)11-13-6-7-15(21-3)14(10-13)17(19)20/h6-7,10,19-20H,4-5,8-9,11-12H2,1-3H3. The monoisotopic (exact) mass is 291 g/mol. The number of nitrogens with zero attached hydrogens (tertiary/aromatic N) is 1. The van der Waals surface area contributed by atoms with Crippen LogP contribution < -0.4 is 10.2 Å². The average molecular weight is 291 g/mol. The molecule has 4 nitrogen and oxygen atoms in total. The molecule has 0 spiro atoms. The van der Waals surface area contributed by atoms with Crippen LogP contribution in [0.4, 0.5) is 0 Å². The summed E-state index contributed by atoms with van der Waals surface area (Å²) in [6, 6.07) is 5.65. The highest BCUT2D eigenvalue weighted by molar-refractivity contribution is 6.59. The smallest absolute Gasteiger partial charge is 0.492 e. The van der Waals surface area contributed by atoms with E-state index in [-0.39, 0.29) is 0 Å². The second kappa shape index (κ2) is 6.82. The van der Waals surface area contributed by atoms with Crippen molar-refractivity contribution in [2.75, 3.05) is 20.2 Å². The summed E-state index contributed by atoms with van der Waals surface area (Å²) in [5.74, 6) is 0.520. The van der Waals surface area contributed by atoms with E-state index in [1.54, 1.807) is 0 Å². The van der Waals surface area contributed by atoms with Crippen LogP contribution in [0.5, 0.6) is 5.75 Å². The number of methoxy groups -OCH3 is 1. The molecule has 0 saturated carbocycles. The van der Waals surface area contributed by atoms with E-state index < -0.39 is 7.12 Å². The SMILES string of the molecule is CCC1(CC)CCN(Cc2ccc(OC)c(B(O)O)c2)C1. The molecule has 2 N–H and O–H groups in total. The van der Waals surface area contributed by atoms with Gasteiger partial charge in [-0.15, -0.1) is 0 Å². The van der Waals surface area contributed by atoms with Crippen molar-refractivity contribution < 1.29 is 14.8 Å². The predicted octanol–water partition coefficient (Wildman–Crippen LogP) is 1.39. The minimum Gasteiger partial charge on any atom is -0.497 e. The van der Waals surface area contributed by atoms with E-state index in [4.69, 9.17) is 4.74 Å². The third kappa shape index (κ3) is 3.60.